The summed E-state index contributed by atoms with van der Waals surface area (Å²) >= 11 is 5.82. The van der Waals surface area contributed by atoms with E-state index in [-0.39, 0.29) is 5.56 Å². The van der Waals surface area contributed by atoms with E-state index in [1.165, 1.54) is 6.07 Å². The number of carboxylic acids is 1. The van der Waals surface area contributed by atoms with Crippen LogP contribution in [0.3, 0.4) is 0 Å². The monoisotopic (exact) mass is 304 g/mol. The summed E-state index contributed by atoms with van der Waals surface area (Å²) in [5.74, 6) is -1.46. The minimum absolute atomic E-state index is 0.382. The summed E-state index contributed by atoms with van der Waals surface area (Å²) in [6, 6.07) is 9.69. The first-order valence-corrected chi connectivity index (χ1v) is 6.56. The van der Waals surface area contributed by atoms with Crippen LogP contribution in [-0.4, -0.2) is 21.0 Å². The summed E-state index contributed by atoms with van der Waals surface area (Å²) < 4.78 is 13.6. The van der Waals surface area contributed by atoms with Gasteiger partial charge >= 0.3 is 5.97 Å². The number of hydrogen-bond donors (Lipinski definition) is 2. The normalized spacial score (nSPS) is 11.0. The van der Waals surface area contributed by atoms with Gasteiger partial charge in [0.2, 0.25) is 0 Å². The number of rotatable bonds is 3. The standard InChI is InChI=1S/C15H10ClFN2O2/c16-9-3-1-8(2-4-9)5-14-18-12-6-10(15(20)21)11(17)7-13(12)19-14/h1-4,6-7H,5H2,(H,18,19)(H,20,21). The fourth-order valence-electron chi connectivity index (χ4n) is 2.13. The molecule has 1 aromatic heterocycles. The largest absolute Gasteiger partial charge is 0.478 e. The van der Waals surface area contributed by atoms with Crippen molar-refractivity contribution in [2.24, 2.45) is 0 Å². The van der Waals surface area contributed by atoms with Gasteiger partial charge in [0.15, 0.2) is 0 Å². The van der Waals surface area contributed by atoms with Crippen molar-refractivity contribution >= 4 is 28.6 Å². The summed E-state index contributed by atoms with van der Waals surface area (Å²) in [5, 5.41) is 9.55. The summed E-state index contributed by atoms with van der Waals surface area (Å²) in [5.41, 5.74) is 1.52. The van der Waals surface area contributed by atoms with E-state index in [0.29, 0.717) is 28.3 Å². The van der Waals surface area contributed by atoms with Gasteiger partial charge in [-0.3, -0.25) is 0 Å². The molecule has 4 nitrogen and oxygen atoms in total. The van der Waals surface area contributed by atoms with Crippen molar-refractivity contribution in [3.8, 4) is 0 Å². The highest BCUT2D eigenvalue weighted by Gasteiger charge is 2.14. The number of nitrogens with one attached hydrogen (secondary N) is 1. The molecule has 0 unspecified atom stereocenters. The quantitative estimate of drug-likeness (QED) is 0.776. The van der Waals surface area contributed by atoms with Crippen LogP contribution in [0, 0.1) is 5.82 Å². The average Bonchev–Trinajstić information content (AvgIpc) is 2.81. The molecule has 0 spiro atoms. The maximum atomic E-state index is 13.6. The number of H-pyrrole nitrogens is 1. The maximum Gasteiger partial charge on any atom is 0.338 e. The minimum atomic E-state index is -1.31. The zero-order valence-corrected chi connectivity index (χ0v) is 11.5. The second-order valence-electron chi connectivity index (χ2n) is 4.64. The summed E-state index contributed by atoms with van der Waals surface area (Å²) in [6.45, 7) is 0. The Balaban J connectivity index is 1.97. The molecule has 0 radical (unpaired) electrons. The molecule has 0 saturated carbocycles. The molecule has 1 heterocycles. The lowest BCUT2D eigenvalue weighted by Crippen LogP contribution is -1.99. The Morgan fingerprint density at radius 1 is 1.29 bits per heavy atom. The van der Waals surface area contributed by atoms with Gasteiger partial charge in [-0.1, -0.05) is 23.7 Å². The number of carbonyl (C=O) groups is 1. The van der Waals surface area contributed by atoms with Gasteiger partial charge in [0.05, 0.1) is 16.6 Å². The van der Waals surface area contributed by atoms with Gasteiger partial charge < -0.3 is 10.1 Å². The third-order valence-corrected chi connectivity index (χ3v) is 3.39. The van der Waals surface area contributed by atoms with Gasteiger partial charge in [0, 0.05) is 17.5 Å². The van der Waals surface area contributed by atoms with Crippen molar-refractivity contribution in [3.63, 3.8) is 0 Å². The first-order chi connectivity index (χ1) is 10.0. The van der Waals surface area contributed by atoms with E-state index >= 15 is 0 Å². The van der Waals surface area contributed by atoms with Crippen molar-refractivity contribution in [2.45, 2.75) is 6.42 Å². The number of aromatic nitrogens is 2. The molecule has 0 aliphatic carbocycles. The van der Waals surface area contributed by atoms with Crippen molar-refractivity contribution < 1.29 is 14.3 Å². The Morgan fingerprint density at radius 3 is 2.67 bits per heavy atom. The first-order valence-electron chi connectivity index (χ1n) is 6.19. The smallest absolute Gasteiger partial charge is 0.338 e. The number of aromatic amines is 1. The molecule has 3 rings (SSSR count). The van der Waals surface area contributed by atoms with Gasteiger partial charge in [-0.05, 0) is 23.8 Å². The number of nitrogens with zero attached hydrogens (tertiary/aromatic N) is 1. The van der Waals surface area contributed by atoms with Crippen molar-refractivity contribution in [1.29, 1.82) is 0 Å². The van der Waals surface area contributed by atoms with Crippen LogP contribution in [0.15, 0.2) is 36.4 Å². The Hall–Kier alpha value is -2.40. The third kappa shape index (κ3) is 2.73. The Kier molecular flexibility index (Phi) is 3.35. The SMILES string of the molecule is O=C(O)c1cc2nc(Cc3ccc(Cl)cc3)[nH]c2cc1F. The molecular formula is C15H10ClFN2O2. The molecule has 106 valence electrons. The predicted octanol–water partition coefficient (Wildman–Crippen LogP) is 3.64. The Labute approximate surface area is 124 Å². The highest BCUT2D eigenvalue weighted by Crippen LogP contribution is 2.19. The first kappa shape index (κ1) is 13.6. The van der Waals surface area contributed by atoms with E-state index in [4.69, 9.17) is 16.7 Å². The molecule has 6 heteroatoms. The van der Waals surface area contributed by atoms with E-state index in [1.54, 1.807) is 12.1 Å². The van der Waals surface area contributed by atoms with E-state index in [0.717, 1.165) is 11.6 Å². The molecule has 0 atom stereocenters. The Bertz CT molecular complexity index is 828. The number of fused-ring (bicyclic) bond motifs is 1. The number of halogens is 2. The molecule has 0 fully saturated rings. The molecule has 3 aromatic rings. The van der Waals surface area contributed by atoms with Gasteiger partial charge in [0.1, 0.15) is 11.6 Å². The van der Waals surface area contributed by atoms with Crippen molar-refractivity contribution in [1.82, 2.24) is 9.97 Å². The summed E-state index contributed by atoms with van der Waals surface area (Å²) in [4.78, 5) is 18.2. The topological polar surface area (TPSA) is 66.0 Å². The fraction of sp³-hybridized carbons (Fsp3) is 0.0667. The zero-order valence-electron chi connectivity index (χ0n) is 10.7. The third-order valence-electron chi connectivity index (χ3n) is 3.13. The number of hydrogen-bond acceptors (Lipinski definition) is 2. The highest BCUT2D eigenvalue weighted by atomic mass is 35.5. The van der Waals surface area contributed by atoms with E-state index in [9.17, 15) is 9.18 Å². The molecule has 0 aliphatic rings. The van der Waals surface area contributed by atoms with E-state index < -0.39 is 11.8 Å². The van der Waals surface area contributed by atoms with Crippen LogP contribution in [0.5, 0.6) is 0 Å². The predicted molar refractivity (Wildman–Crippen MR) is 77.3 cm³/mol. The van der Waals surface area contributed by atoms with Gasteiger partial charge in [-0.2, -0.15) is 0 Å². The van der Waals surface area contributed by atoms with Crippen LogP contribution in [0.2, 0.25) is 5.02 Å². The van der Waals surface area contributed by atoms with Crippen LogP contribution in [0.25, 0.3) is 11.0 Å². The molecule has 0 bridgehead atoms. The van der Waals surface area contributed by atoms with Gasteiger partial charge in [-0.15, -0.1) is 0 Å². The van der Waals surface area contributed by atoms with Crippen molar-refractivity contribution in [3.05, 3.63) is 64.2 Å². The second-order valence-corrected chi connectivity index (χ2v) is 5.08. The highest BCUT2D eigenvalue weighted by molar-refractivity contribution is 6.30. The van der Waals surface area contributed by atoms with Crippen LogP contribution in [0.4, 0.5) is 4.39 Å². The van der Waals surface area contributed by atoms with Crippen LogP contribution in [0.1, 0.15) is 21.7 Å². The number of aromatic carboxylic acids is 1. The van der Waals surface area contributed by atoms with Gasteiger partial charge in [-0.25, -0.2) is 14.2 Å². The molecule has 0 saturated heterocycles. The lowest BCUT2D eigenvalue weighted by atomic mass is 10.1. The molecule has 2 N–H and O–H groups in total. The molecule has 21 heavy (non-hydrogen) atoms. The fourth-order valence-corrected chi connectivity index (χ4v) is 2.25. The number of carboxylic acid groups (broad SMARTS) is 1. The van der Waals surface area contributed by atoms with Crippen LogP contribution >= 0.6 is 11.6 Å². The molecule has 0 amide bonds. The lowest BCUT2D eigenvalue weighted by Gasteiger charge is -1.97. The number of imidazole rings is 1. The van der Waals surface area contributed by atoms with Crippen LogP contribution < -0.4 is 0 Å². The molecule has 2 aromatic carbocycles. The van der Waals surface area contributed by atoms with Crippen molar-refractivity contribution in [2.75, 3.05) is 0 Å². The molecule has 0 aliphatic heterocycles. The minimum Gasteiger partial charge on any atom is -0.478 e. The van der Waals surface area contributed by atoms with Crippen LogP contribution in [-0.2, 0) is 6.42 Å². The van der Waals surface area contributed by atoms with Gasteiger partial charge in [0.25, 0.3) is 0 Å². The Morgan fingerprint density at radius 2 is 2.00 bits per heavy atom. The maximum absolute atomic E-state index is 13.6. The molecular weight excluding hydrogens is 295 g/mol. The lowest BCUT2D eigenvalue weighted by molar-refractivity contribution is 0.0692. The van der Waals surface area contributed by atoms with E-state index in [1.807, 2.05) is 12.1 Å². The zero-order chi connectivity index (χ0) is 15.0. The summed E-state index contributed by atoms with van der Waals surface area (Å²) in [7, 11) is 0. The average molecular weight is 305 g/mol. The number of benzene rings is 2. The van der Waals surface area contributed by atoms with E-state index in [2.05, 4.69) is 9.97 Å². The second kappa shape index (κ2) is 5.18. The summed E-state index contributed by atoms with van der Waals surface area (Å²) in [6.07, 6.45) is 0.524.